The highest BCUT2D eigenvalue weighted by atomic mass is 16.2. The fraction of sp³-hybridized carbons (Fsp3) is 0.500. The number of carbonyl (C=O) groups is 2. The molecule has 0 saturated carbocycles. The van der Waals surface area contributed by atoms with Crippen LogP contribution in [0.25, 0.3) is 0 Å². The number of rotatable bonds is 0. The molecule has 1 N–H and O–H groups in total. The minimum atomic E-state index is -0.306. The van der Waals surface area contributed by atoms with Crippen molar-refractivity contribution in [2.24, 2.45) is 5.41 Å². The van der Waals surface area contributed by atoms with Crippen LogP contribution in [0.1, 0.15) is 20.8 Å². The monoisotopic (exact) mass is 153 g/mol. The van der Waals surface area contributed by atoms with Crippen molar-refractivity contribution in [2.45, 2.75) is 20.8 Å². The molecule has 11 heavy (non-hydrogen) atoms. The van der Waals surface area contributed by atoms with Crippen molar-refractivity contribution in [1.29, 1.82) is 0 Å². The lowest BCUT2D eigenvalue weighted by molar-refractivity contribution is -0.124. The van der Waals surface area contributed by atoms with Gasteiger partial charge >= 0.3 is 0 Å². The van der Waals surface area contributed by atoms with E-state index in [4.69, 9.17) is 0 Å². The van der Waals surface area contributed by atoms with Gasteiger partial charge in [-0.1, -0.05) is 20.8 Å². The first kappa shape index (κ1) is 7.98. The largest absolute Gasteiger partial charge is 0.289 e. The van der Waals surface area contributed by atoms with Gasteiger partial charge in [0.2, 0.25) is 0 Å². The van der Waals surface area contributed by atoms with Crippen LogP contribution in [-0.4, -0.2) is 11.8 Å². The Morgan fingerprint density at radius 3 is 2.00 bits per heavy atom. The van der Waals surface area contributed by atoms with E-state index < -0.39 is 0 Å². The van der Waals surface area contributed by atoms with E-state index in [0.717, 1.165) is 0 Å². The first-order valence-corrected chi connectivity index (χ1v) is 3.49. The van der Waals surface area contributed by atoms with Crippen LogP contribution < -0.4 is 5.32 Å². The minimum Gasteiger partial charge on any atom is -0.289 e. The van der Waals surface area contributed by atoms with Crippen molar-refractivity contribution >= 4 is 11.8 Å². The highest BCUT2D eigenvalue weighted by molar-refractivity contribution is 6.16. The molecule has 0 aliphatic carbocycles. The fourth-order valence-electron chi connectivity index (χ4n) is 0.969. The summed E-state index contributed by atoms with van der Waals surface area (Å²) in [5.41, 5.74) is 0.318. The molecule has 0 bridgehead atoms. The average Bonchev–Trinajstić information content (AvgIpc) is 2.08. The third-order valence-electron chi connectivity index (χ3n) is 1.56. The van der Waals surface area contributed by atoms with Gasteiger partial charge in [-0.2, -0.15) is 0 Å². The molecule has 1 aliphatic heterocycles. The maximum atomic E-state index is 11.0. The van der Waals surface area contributed by atoms with Gasteiger partial charge in [0.1, 0.15) is 0 Å². The lowest BCUT2D eigenvalue weighted by atomic mass is 9.87. The molecule has 0 unspecified atom stereocenters. The Labute approximate surface area is 65.5 Å². The van der Waals surface area contributed by atoms with Crippen LogP contribution >= 0.6 is 0 Å². The summed E-state index contributed by atoms with van der Waals surface area (Å²) < 4.78 is 0. The summed E-state index contributed by atoms with van der Waals surface area (Å²) in [7, 11) is 0. The molecule has 3 nitrogen and oxygen atoms in total. The summed E-state index contributed by atoms with van der Waals surface area (Å²) in [5, 5.41) is 2.20. The number of hydrogen-bond acceptors (Lipinski definition) is 2. The molecule has 60 valence electrons. The predicted octanol–water partition coefficient (Wildman–Crippen LogP) is 0.615. The van der Waals surface area contributed by atoms with Crippen LogP contribution in [0, 0.1) is 5.41 Å². The van der Waals surface area contributed by atoms with E-state index in [9.17, 15) is 9.59 Å². The van der Waals surface area contributed by atoms with E-state index >= 15 is 0 Å². The second kappa shape index (κ2) is 2.19. The summed E-state index contributed by atoms with van der Waals surface area (Å²) in [5.74, 6) is -0.567. The van der Waals surface area contributed by atoms with E-state index in [2.05, 4.69) is 5.32 Å². The Hall–Kier alpha value is -1.12. The molecule has 0 saturated heterocycles. The number of hydrogen-bond donors (Lipinski definition) is 1. The quantitative estimate of drug-likeness (QED) is 0.518. The first-order valence-electron chi connectivity index (χ1n) is 3.49. The third-order valence-corrected chi connectivity index (χ3v) is 1.56. The Morgan fingerprint density at radius 2 is 1.82 bits per heavy atom. The van der Waals surface area contributed by atoms with Gasteiger partial charge in [-0.05, 0) is 5.41 Å². The number of carbonyl (C=O) groups excluding carboxylic acids is 2. The van der Waals surface area contributed by atoms with Crippen molar-refractivity contribution in [3.8, 4) is 0 Å². The van der Waals surface area contributed by atoms with E-state index in [1.54, 1.807) is 0 Å². The normalized spacial score (nSPS) is 18.3. The van der Waals surface area contributed by atoms with Gasteiger partial charge in [0, 0.05) is 11.6 Å². The summed E-state index contributed by atoms with van der Waals surface area (Å²) in [4.78, 5) is 21.7. The molecule has 1 heterocycles. The van der Waals surface area contributed by atoms with Gasteiger partial charge in [0.25, 0.3) is 11.8 Å². The Balaban J connectivity index is 2.97. The Bertz CT molecular complexity index is 245. The highest BCUT2D eigenvalue weighted by Gasteiger charge is 2.29. The fourth-order valence-corrected chi connectivity index (χ4v) is 0.969. The van der Waals surface area contributed by atoms with Gasteiger partial charge in [0.15, 0.2) is 0 Å². The zero-order chi connectivity index (χ0) is 8.65. The lowest BCUT2D eigenvalue weighted by Gasteiger charge is -2.17. The Kier molecular flexibility index (Phi) is 1.59. The van der Waals surface area contributed by atoms with Gasteiger partial charge in [-0.15, -0.1) is 0 Å². The second-order valence-corrected chi connectivity index (χ2v) is 3.63. The average molecular weight is 153 g/mol. The predicted molar refractivity (Wildman–Crippen MR) is 40.7 cm³/mol. The van der Waals surface area contributed by atoms with Crippen LogP contribution in [0.5, 0.6) is 0 Å². The van der Waals surface area contributed by atoms with Crippen LogP contribution in [0.3, 0.4) is 0 Å². The van der Waals surface area contributed by atoms with E-state index in [1.165, 1.54) is 6.08 Å². The van der Waals surface area contributed by atoms with Crippen LogP contribution in [0.2, 0.25) is 0 Å². The van der Waals surface area contributed by atoms with Crippen LogP contribution in [0.4, 0.5) is 0 Å². The molecule has 0 fully saturated rings. The molecular formula is C8H11NO2. The molecule has 0 aromatic rings. The summed E-state index contributed by atoms with van der Waals surface area (Å²) in [6.07, 6.45) is 1.36. The standard InChI is InChI=1S/C8H11NO2/c1-8(2,3)5-4-6(10)9-7(5)11/h4H,1-3H3,(H,9,10,11). The molecule has 0 radical (unpaired) electrons. The van der Waals surface area contributed by atoms with Crippen molar-refractivity contribution in [3.63, 3.8) is 0 Å². The molecular weight excluding hydrogens is 142 g/mol. The SMILES string of the molecule is CC(C)(C)C1=CC(=O)NC1=O. The zero-order valence-corrected chi connectivity index (χ0v) is 6.89. The van der Waals surface area contributed by atoms with Gasteiger partial charge in [-0.25, -0.2) is 0 Å². The van der Waals surface area contributed by atoms with E-state index in [-0.39, 0.29) is 17.2 Å². The summed E-state index contributed by atoms with van der Waals surface area (Å²) in [6.45, 7) is 5.70. The maximum Gasteiger partial charge on any atom is 0.254 e. The third kappa shape index (κ3) is 1.48. The Morgan fingerprint density at radius 1 is 1.27 bits per heavy atom. The van der Waals surface area contributed by atoms with Crippen molar-refractivity contribution < 1.29 is 9.59 Å². The van der Waals surface area contributed by atoms with Gasteiger partial charge < -0.3 is 0 Å². The van der Waals surface area contributed by atoms with Crippen molar-refractivity contribution in [2.75, 3.05) is 0 Å². The lowest BCUT2D eigenvalue weighted by Crippen LogP contribution is -2.26. The molecule has 3 heteroatoms. The summed E-state index contributed by atoms with van der Waals surface area (Å²) >= 11 is 0. The molecule has 1 rings (SSSR count). The zero-order valence-electron chi connectivity index (χ0n) is 6.89. The first-order chi connectivity index (χ1) is 4.91. The number of nitrogens with one attached hydrogen (secondary N) is 1. The summed E-state index contributed by atoms with van der Waals surface area (Å²) in [6, 6.07) is 0. The number of amides is 2. The smallest absolute Gasteiger partial charge is 0.254 e. The van der Waals surface area contributed by atoms with Crippen LogP contribution in [0.15, 0.2) is 11.6 Å². The molecule has 2 amide bonds. The van der Waals surface area contributed by atoms with Crippen molar-refractivity contribution in [1.82, 2.24) is 5.32 Å². The highest BCUT2D eigenvalue weighted by Crippen LogP contribution is 2.26. The van der Waals surface area contributed by atoms with E-state index in [0.29, 0.717) is 5.57 Å². The topological polar surface area (TPSA) is 46.2 Å². The second-order valence-electron chi connectivity index (χ2n) is 3.63. The molecule has 0 spiro atoms. The van der Waals surface area contributed by atoms with Crippen molar-refractivity contribution in [3.05, 3.63) is 11.6 Å². The molecule has 0 aromatic carbocycles. The van der Waals surface area contributed by atoms with E-state index in [1.807, 2.05) is 20.8 Å². The molecule has 1 aliphatic rings. The molecule has 0 atom stereocenters. The molecule has 0 aromatic heterocycles. The number of imide groups is 1. The minimum absolute atomic E-state index is 0.240. The van der Waals surface area contributed by atoms with Gasteiger partial charge in [0.05, 0.1) is 0 Å². The van der Waals surface area contributed by atoms with Gasteiger partial charge in [-0.3, -0.25) is 14.9 Å². The van der Waals surface area contributed by atoms with Crippen LogP contribution in [-0.2, 0) is 9.59 Å². The maximum absolute atomic E-state index is 11.0.